The van der Waals surface area contributed by atoms with Crippen LogP contribution in [0.4, 0.5) is 5.69 Å². The number of anilines is 1. The summed E-state index contributed by atoms with van der Waals surface area (Å²) in [5, 5.41) is 2.80. The molecule has 2 amide bonds. The van der Waals surface area contributed by atoms with Crippen LogP contribution < -0.4 is 10.2 Å². The Morgan fingerprint density at radius 2 is 2.17 bits per heavy atom. The Kier molecular flexibility index (Phi) is 4.71. The minimum atomic E-state index is -0.627. The van der Waals surface area contributed by atoms with Gasteiger partial charge in [0.05, 0.1) is 12.2 Å². The Hall–Kier alpha value is -2.21. The first-order valence-corrected chi connectivity index (χ1v) is 8.19. The van der Waals surface area contributed by atoms with Crippen LogP contribution in [0.1, 0.15) is 12.1 Å². The molecule has 1 fully saturated rings. The zero-order valence-electron chi connectivity index (χ0n) is 12.4. The van der Waals surface area contributed by atoms with E-state index in [0.29, 0.717) is 19.5 Å². The van der Waals surface area contributed by atoms with Gasteiger partial charge in [-0.25, -0.2) is 0 Å². The van der Waals surface area contributed by atoms with Crippen molar-refractivity contribution in [3.8, 4) is 0 Å². The Labute approximate surface area is 142 Å². The number of hydrogen-bond acceptors (Lipinski definition) is 3. The Morgan fingerprint density at radius 1 is 1.30 bits per heavy atom. The highest BCUT2D eigenvalue weighted by molar-refractivity contribution is 9.10. The van der Waals surface area contributed by atoms with Gasteiger partial charge in [-0.3, -0.25) is 14.6 Å². The molecular weight excluding hydrogens is 358 g/mol. The van der Waals surface area contributed by atoms with Crippen LogP contribution >= 0.6 is 15.9 Å². The minimum Gasteiger partial charge on any atom is -0.350 e. The molecule has 1 aliphatic heterocycles. The van der Waals surface area contributed by atoms with Crippen LogP contribution in [0.2, 0.25) is 0 Å². The summed E-state index contributed by atoms with van der Waals surface area (Å²) in [5.41, 5.74) is 1.58. The van der Waals surface area contributed by atoms with Crippen LogP contribution in [0.3, 0.4) is 0 Å². The van der Waals surface area contributed by atoms with Gasteiger partial charge in [0.1, 0.15) is 5.92 Å². The van der Waals surface area contributed by atoms with Crippen molar-refractivity contribution in [2.24, 2.45) is 5.92 Å². The number of benzene rings is 1. The monoisotopic (exact) mass is 373 g/mol. The van der Waals surface area contributed by atoms with Crippen LogP contribution in [0.15, 0.2) is 53.1 Å². The van der Waals surface area contributed by atoms with E-state index in [-0.39, 0.29) is 11.8 Å². The third kappa shape index (κ3) is 3.59. The van der Waals surface area contributed by atoms with Crippen LogP contribution in [0.25, 0.3) is 0 Å². The second kappa shape index (κ2) is 6.91. The SMILES string of the molecule is O=C(NCc1ccccn1)[C@H]1CCN(c2cccc(Br)c2)C1=O. The second-order valence-electron chi connectivity index (χ2n) is 5.35. The average Bonchev–Trinajstić information content (AvgIpc) is 2.95. The molecule has 1 aromatic heterocycles. The van der Waals surface area contributed by atoms with Crippen molar-refractivity contribution in [3.05, 3.63) is 58.8 Å². The van der Waals surface area contributed by atoms with E-state index in [2.05, 4.69) is 26.2 Å². The van der Waals surface area contributed by atoms with Crippen molar-refractivity contribution in [1.82, 2.24) is 10.3 Å². The quantitative estimate of drug-likeness (QED) is 0.837. The predicted octanol–water partition coefficient (Wildman–Crippen LogP) is 2.51. The molecule has 0 aliphatic carbocycles. The average molecular weight is 374 g/mol. The van der Waals surface area contributed by atoms with Gasteiger partial charge < -0.3 is 10.2 Å². The molecule has 1 saturated heterocycles. The smallest absolute Gasteiger partial charge is 0.239 e. The first-order valence-electron chi connectivity index (χ1n) is 7.40. The molecular formula is C17H16BrN3O2. The van der Waals surface area contributed by atoms with E-state index in [9.17, 15) is 9.59 Å². The Bertz CT molecular complexity index is 721. The van der Waals surface area contributed by atoms with Crippen molar-refractivity contribution in [3.63, 3.8) is 0 Å². The molecule has 1 N–H and O–H groups in total. The van der Waals surface area contributed by atoms with E-state index in [1.54, 1.807) is 11.1 Å². The van der Waals surface area contributed by atoms with Gasteiger partial charge in [-0.05, 0) is 36.8 Å². The predicted molar refractivity (Wildman–Crippen MR) is 90.7 cm³/mol. The summed E-state index contributed by atoms with van der Waals surface area (Å²) >= 11 is 3.40. The zero-order chi connectivity index (χ0) is 16.2. The van der Waals surface area contributed by atoms with Gasteiger partial charge in [-0.15, -0.1) is 0 Å². The fourth-order valence-electron chi connectivity index (χ4n) is 2.63. The lowest BCUT2D eigenvalue weighted by Gasteiger charge is -2.17. The molecule has 0 radical (unpaired) electrons. The molecule has 23 heavy (non-hydrogen) atoms. The van der Waals surface area contributed by atoms with Crippen molar-refractivity contribution in [1.29, 1.82) is 0 Å². The van der Waals surface area contributed by atoms with E-state index in [0.717, 1.165) is 15.9 Å². The van der Waals surface area contributed by atoms with Gasteiger partial charge in [-0.2, -0.15) is 0 Å². The van der Waals surface area contributed by atoms with Gasteiger partial charge in [0, 0.05) is 22.9 Å². The summed E-state index contributed by atoms with van der Waals surface area (Å²) in [6, 6.07) is 13.1. The minimum absolute atomic E-state index is 0.151. The maximum Gasteiger partial charge on any atom is 0.239 e. The topological polar surface area (TPSA) is 62.3 Å². The molecule has 0 spiro atoms. The van der Waals surface area contributed by atoms with Crippen LogP contribution in [0.5, 0.6) is 0 Å². The number of halogens is 1. The highest BCUT2D eigenvalue weighted by Crippen LogP contribution is 2.27. The summed E-state index contributed by atoms with van der Waals surface area (Å²) in [5.74, 6) is -1.02. The number of hydrogen-bond donors (Lipinski definition) is 1. The first-order chi connectivity index (χ1) is 11.1. The lowest BCUT2D eigenvalue weighted by molar-refractivity contribution is -0.132. The summed E-state index contributed by atoms with van der Waals surface area (Å²) < 4.78 is 0.908. The third-order valence-corrected chi connectivity index (χ3v) is 4.31. The molecule has 0 unspecified atom stereocenters. The molecule has 6 heteroatoms. The van der Waals surface area contributed by atoms with Gasteiger partial charge in [-0.1, -0.05) is 28.1 Å². The number of carbonyl (C=O) groups is 2. The number of rotatable bonds is 4. The molecule has 1 atom stereocenters. The molecule has 0 saturated carbocycles. The van der Waals surface area contributed by atoms with Crippen molar-refractivity contribution in [2.75, 3.05) is 11.4 Å². The molecule has 2 heterocycles. The van der Waals surface area contributed by atoms with E-state index in [4.69, 9.17) is 0 Å². The fourth-order valence-corrected chi connectivity index (χ4v) is 3.01. The lowest BCUT2D eigenvalue weighted by Crippen LogP contribution is -2.36. The summed E-state index contributed by atoms with van der Waals surface area (Å²) in [6.07, 6.45) is 2.20. The third-order valence-electron chi connectivity index (χ3n) is 3.81. The maximum absolute atomic E-state index is 12.5. The van der Waals surface area contributed by atoms with E-state index >= 15 is 0 Å². The Morgan fingerprint density at radius 3 is 2.91 bits per heavy atom. The molecule has 1 aromatic carbocycles. The number of aromatic nitrogens is 1. The summed E-state index contributed by atoms with van der Waals surface area (Å²) in [7, 11) is 0. The summed E-state index contributed by atoms with van der Waals surface area (Å²) in [6.45, 7) is 0.886. The van der Waals surface area contributed by atoms with Crippen LogP contribution in [0, 0.1) is 5.92 Å². The number of pyridine rings is 1. The van der Waals surface area contributed by atoms with E-state index in [1.165, 1.54) is 0 Å². The lowest BCUT2D eigenvalue weighted by atomic mass is 10.1. The second-order valence-corrected chi connectivity index (χ2v) is 6.27. The van der Waals surface area contributed by atoms with Gasteiger partial charge in [0.15, 0.2) is 0 Å². The van der Waals surface area contributed by atoms with Crippen LogP contribution in [-0.4, -0.2) is 23.3 Å². The van der Waals surface area contributed by atoms with Gasteiger partial charge >= 0.3 is 0 Å². The van der Waals surface area contributed by atoms with Crippen molar-refractivity contribution in [2.45, 2.75) is 13.0 Å². The Balaban J connectivity index is 1.63. The molecule has 3 rings (SSSR count). The van der Waals surface area contributed by atoms with Crippen molar-refractivity contribution < 1.29 is 9.59 Å². The summed E-state index contributed by atoms with van der Waals surface area (Å²) in [4.78, 5) is 30.6. The van der Waals surface area contributed by atoms with E-state index < -0.39 is 5.92 Å². The van der Waals surface area contributed by atoms with Crippen LogP contribution in [-0.2, 0) is 16.1 Å². The molecule has 5 nitrogen and oxygen atoms in total. The molecule has 2 aromatic rings. The molecule has 0 bridgehead atoms. The number of amides is 2. The zero-order valence-corrected chi connectivity index (χ0v) is 14.0. The highest BCUT2D eigenvalue weighted by atomic mass is 79.9. The van der Waals surface area contributed by atoms with Crippen molar-refractivity contribution >= 4 is 33.4 Å². The van der Waals surface area contributed by atoms with Gasteiger partial charge in [0.25, 0.3) is 0 Å². The number of nitrogens with one attached hydrogen (secondary N) is 1. The largest absolute Gasteiger partial charge is 0.350 e. The molecule has 1 aliphatic rings. The highest BCUT2D eigenvalue weighted by Gasteiger charge is 2.37. The van der Waals surface area contributed by atoms with Gasteiger partial charge in [0.2, 0.25) is 11.8 Å². The standard InChI is InChI=1S/C17H16BrN3O2/c18-12-4-3-6-14(10-12)21-9-7-15(17(21)23)16(22)20-11-13-5-1-2-8-19-13/h1-6,8,10,15H,7,9,11H2,(H,20,22)/t15-/m1/s1. The number of carbonyl (C=O) groups excluding carboxylic acids is 2. The maximum atomic E-state index is 12.5. The number of nitrogens with zero attached hydrogens (tertiary/aromatic N) is 2. The van der Waals surface area contributed by atoms with E-state index in [1.807, 2.05) is 42.5 Å². The fraction of sp³-hybridized carbons (Fsp3) is 0.235. The normalized spacial score (nSPS) is 17.3. The molecule has 118 valence electrons. The first kappa shape index (κ1) is 15.7.